The summed E-state index contributed by atoms with van der Waals surface area (Å²) in [5, 5.41) is 39.5. The highest BCUT2D eigenvalue weighted by Crippen LogP contribution is 2.33. The van der Waals surface area contributed by atoms with Crippen LogP contribution in [0.1, 0.15) is 86.3 Å². The second kappa shape index (κ2) is 12.2. The number of benzene rings is 2. The molecule has 2 aromatic rings. The molecule has 180 valence electrons. The second-order valence-corrected chi connectivity index (χ2v) is 8.95. The molecule has 0 amide bonds. The standard InChI is InChI=1S/C27H29NO4.C2H6/c28-17-22-8-7-21(26-16-24(30)15-25(18-29)32-26)14-23(22)13-20-5-3-19(4-6-20)9-12-27(31)10-1-2-11-27;1-2/h3-8,14,24-26,29-31H,1-2,10-11,13,15-16,18H2;1-2H3/t24-,25-,26+;/m0./s1. The molecule has 5 heteroatoms. The van der Waals surface area contributed by atoms with Crippen LogP contribution in [0.2, 0.25) is 0 Å². The average Bonchev–Trinajstić information content (AvgIpc) is 3.31. The van der Waals surface area contributed by atoms with Gasteiger partial charge in [-0.05, 0) is 67.0 Å². The first kappa shape index (κ1) is 25.9. The fourth-order valence-electron chi connectivity index (χ4n) is 4.59. The zero-order chi connectivity index (χ0) is 24.6. The molecule has 3 N–H and O–H groups in total. The van der Waals surface area contributed by atoms with Crippen molar-refractivity contribution in [2.45, 2.75) is 82.7 Å². The van der Waals surface area contributed by atoms with Gasteiger partial charge < -0.3 is 20.1 Å². The second-order valence-electron chi connectivity index (χ2n) is 8.95. The molecule has 0 unspecified atom stereocenters. The van der Waals surface area contributed by atoms with Gasteiger partial charge in [-0.1, -0.05) is 50.0 Å². The smallest absolute Gasteiger partial charge is 0.125 e. The minimum absolute atomic E-state index is 0.122. The van der Waals surface area contributed by atoms with Crippen LogP contribution in [-0.4, -0.2) is 39.7 Å². The molecule has 34 heavy (non-hydrogen) atoms. The Morgan fingerprint density at radius 2 is 1.76 bits per heavy atom. The van der Waals surface area contributed by atoms with E-state index in [1.165, 1.54) is 0 Å². The number of nitriles is 1. The fourth-order valence-corrected chi connectivity index (χ4v) is 4.59. The Labute approximate surface area is 203 Å². The normalized spacial score (nSPS) is 23.1. The van der Waals surface area contributed by atoms with Crippen LogP contribution in [0.3, 0.4) is 0 Å². The first-order chi connectivity index (χ1) is 16.5. The Hall–Kier alpha value is -2.67. The summed E-state index contributed by atoms with van der Waals surface area (Å²) in [6.07, 6.45) is 3.84. The third kappa shape index (κ3) is 6.69. The van der Waals surface area contributed by atoms with Crippen LogP contribution in [0.4, 0.5) is 0 Å². The highest BCUT2D eigenvalue weighted by molar-refractivity contribution is 5.45. The number of aliphatic hydroxyl groups excluding tert-OH is 2. The number of nitrogens with zero attached hydrogens (tertiary/aromatic N) is 1. The summed E-state index contributed by atoms with van der Waals surface area (Å²) in [4.78, 5) is 0. The van der Waals surface area contributed by atoms with E-state index in [1.54, 1.807) is 6.07 Å². The molecule has 1 aliphatic carbocycles. The zero-order valence-corrected chi connectivity index (χ0v) is 20.1. The summed E-state index contributed by atoms with van der Waals surface area (Å²) in [5.74, 6) is 6.12. The molecular formula is C29H35NO4. The van der Waals surface area contributed by atoms with Crippen molar-refractivity contribution < 1.29 is 20.1 Å². The number of ether oxygens (including phenoxy) is 1. The molecule has 1 saturated carbocycles. The number of hydrogen-bond donors (Lipinski definition) is 3. The van der Waals surface area contributed by atoms with Crippen molar-refractivity contribution >= 4 is 0 Å². The highest BCUT2D eigenvalue weighted by Gasteiger charge is 2.30. The number of aliphatic hydroxyl groups is 3. The number of hydrogen-bond acceptors (Lipinski definition) is 5. The summed E-state index contributed by atoms with van der Waals surface area (Å²) in [7, 11) is 0. The van der Waals surface area contributed by atoms with Gasteiger partial charge in [0.1, 0.15) is 5.60 Å². The number of rotatable bonds is 4. The summed E-state index contributed by atoms with van der Waals surface area (Å²) in [6, 6.07) is 15.8. The first-order valence-corrected chi connectivity index (χ1v) is 12.3. The molecule has 2 aromatic carbocycles. The Bertz CT molecular complexity index is 1040. The Morgan fingerprint density at radius 3 is 2.41 bits per heavy atom. The molecule has 0 bridgehead atoms. The zero-order valence-electron chi connectivity index (χ0n) is 20.1. The van der Waals surface area contributed by atoms with E-state index in [-0.39, 0.29) is 18.8 Å². The van der Waals surface area contributed by atoms with Crippen LogP contribution in [0.25, 0.3) is 0 Å². The molecule has 0 radical (unpaired) electrons. The largest absolute Gasteiger partial charge is 0.394 e. The molecule has 4 rings (SSSR count). The van der Waals surface area contributed by atoms with Gasteiger partial charge in [-0.3, -0.25) is 0 Å². The molecule has 2 aliphatic rings. The van der Waals surface area contributed by atoms with Gasteiger partial charge in [0.2, 0.25) is 0 Å². The van der Waals surface area contributed by atoms with E-state index in [0.29, 0.717) is 24.8 Å². The van der Waals surface area contributed by atoms with Crippen LogP contribution in [0.5, 0.6) is 0 Å². The van der Waals surface area contributed by atoms with Crippen LogP contribution >= 0.6 is 0 Å². The first-order valence-electron chi connectivity index (χ1n) is 12.3. The summed E-state index contributed by atoms with van der Waals surface area (Å²) >= 11 is 0. The lowest BCUT2D eigenvalue weighted by atomic mass is 9.92. The van der Waals surface area contributed by atoms with Gasteiger partial charge in [-0.25, -0.2) is 0 Å². The average molecular weight is 462 g/mol. The van der Waals surface area contributed by atoms with Crippen LogP contribution < -0.4 is 0 Å². The predicted octanol–water partition coefficient (Wildman–Crippen LogP) is 4.41. The lowest BCUT2D eigenvalue weighted by Crippen LogP contribution is -2.33. The van der Waals surface area contributed by atoms with Crippen molar-refractivity contribution in [1.82, 2.24) is 0 Å². The van der Waals surface area contributed by atoms with Gasteiger partial charge in [-0.15, -0.1) is 0 Å². The van der Waals surface area contributed by atoms with Crippen molar-refractivity contribution in [3.63, 3.8) is 0 Å². The fraction of sp³-hybridized carbons (Fsp3) is 0.483. The summed E-state index contributed by atoms with van der Waals surface area (Å²) in [5.41, 5.74) is 3.49. The van der Waals surface area contributed by atoms with Gasteiger partial charge in [0.15, 0.2) is 0 Å². The molecule has 0 aromatic heterocycles. The molecular weight excluding hydrogens is 426 g/mol. The van der Waals surface area contributed by atoms with Crippen molar-refractivity contribution in [2.24, 2.45) is 0 Å². The highest BCUT2D eigenvalue weighted by atomic mass is 16.5. The maximum absolute atomic E-state index is 10.4. The Kier molecular flexibility index (Phi) is 9.28. The quantitative estimate of drug-likeness (QED) is 0.587. The predicted molar refractivity (Wildman–Crippen MR) is 132 cm³/mol. The van der Waals surface area contributed by atoms with Gasteiger partial charge in [0.25, 0.3) is 0 Å². The van der Waals surface area contributed by atoms with Gasteiger partial charge in [-0.2, -0.15) is 5.26 Å². The molecule has 1 saturated heterocycles. The maximum Gasteiger partial charge on any atom is 0.125 e. The monoisotopic (exact) mass is 461 g/mol. The third-order valence-corrected chi connectivity index (χ3v) is 6.42. The minimum atomic E-state index is -0.843. The SMILES string of the molecule is CC.N#Cc1ccc([C@H]2C[C@@H](O)C[C@@H](CO)O2)cc1Cc1ccc(C#CC2(O)CCCC2)cc1. The van der Waals surface area contributed by atoms with Crippen LogP contribution in [-0.2, 0) is 11.2 Å². The summed E-state index contributed by atoms with van der Waals surface area (Å²) < 4.78 is 5.94. The Balaban J connectivity index is 0.00000158. The minimum Gasteiger partial charge on any atom is -0.394 e. The van der Waals surface area contributed by atoms with E-state index in [1.807, 2.05) is 50.2 Å². The van der Waals surface area contributed by atoms with E-state index < -0.39 is 11.7 Å². The van der Waals surface area contributed by atoms with E-state index in [4.69, 9.17) is 4.74 Å². The molecule has 5 nitrogen and oxygen atoms in total. The van der Waals surface area contributed by atoms with E-state index >= 15 is 0 Å². The summed E-state index contributed by atoms with van der Waals surface area (Å²) in [6.45, 7) is 3.88. The van der Waals surface area contributed by atoms with Crippen molar-refractivity contribution in [1.29, 1.82) is 5.26 Å². The topological polar surface area (TPSA) is 93.7 Å². The van der Waals surface area contributed by atoms with Crippen molar-refractivity contribution in [2.75, 3.05) is 6.61 Å². The van der Waals surface area contributed by atoms with E-state index in [0.717, 1.165) is 47.9 Å². The van der Waals surface area contributed by atoms with Crippen molar-refractivity contribution in [3.05, 3.63) is 70.3 Å². The van der Waals surface area contributed by atoms with E-state index in [2.05, 4.69) is 17.9 Å². The Morgan fingerprint density at radius 1 is 1.06 bits per heavy atom. The maximum atomic E-state index is 10.4. The van der Waals surface area contributed by atoms with Gasteiger partial charge in [0, 0.05) is 18.4 Å². The third-order valence-electron chi connectivity index (χ3n) is 6.42. The lowest BCUT2D eigenvalue weighted by molar-refractivity contribution is -0.113. The van der Waals surface area contributed by atoms with Crippen LogP contribution in [0, 0.1) is 23.2 Å². The molecule has 1 heterocycles. The van der Waals surface area contributed by atoms with Crippen LogP contribution in [0.15, 0.2) is 42.5 Å². The van der Waals surface area contributed by atoms with Crippen molar-refractivity contribution in [3.8, 4) is 17.9 Å². The van der Waals surface area contributed by atoms with E-state index in [9.17, 15) is 20.6 Å². The molecule has 2 fully saturated rings. The molecule has 0 spiro atoms. The van der Waals surface area contributed by atoms with Gasteiger partial charge in [0.05, 0.1) is 36.6 Å². The lowest BCUT2D eigenvalue weighted by Gasteiger charge is -2.32. The molecule has 3 atom stereocenters. The van der Waals surface area contributed by atoms with Gasteiger partial charge >= 0.3 is 0 Å². The molecule has 1 aliphatic heterocycles.